The SMILES string of the molecule is CCCCCc1cc2c(Br)c3c(c(O)c2c(=O)[nH]1)C1(CC3)C(=O)C2C(=O)c3c(O)cc(OC)c(O)c3C(=O)C2C1=O. The number of phenols is 3. The molecule has 3 aromatic rings. The minimum Gasteiger partial charge on any atom is -0.507 e. The van der Waals surface area contributed by atoms with Gasteiger partial charge in [-0.3, -0.25) is 24.0 Å². The summed E-state index contributed by atoms with van der Waals surface area (Å²) in [4.78, 5) is 71.6. The third kappa shape index (κ3) is 3.38. The van der Waals surface area contributed by atoms with Crippen LogP contribution in [0.1, 0.15) is 70.1 Å². The number of H-pyrrole nitrogens is 1. The predicted molar refractivity (Wildman–Crippen MR) is 149 cm³/mol. The molecule has 0 bridgehead atoms. The number of fused-ring (bicyclic) bond motifs is 5. The van der Waals surface area contributed by atoms with Crippen LogP contribution in [0.25, 0.3) is 10.8 Å². The number of methoxy groups -OCH3 is 1. The molecular weight excluding hydrogens is 598 g/mol. The smallest absolute Gasteiger partial charge is 0.259 e. The Hall–Kier alpha value is -3.99. The fourth-order valence-electron chi connectivity index (χ4n) is 6.97. The molecule has 0 saturated heterocycles. The Labute approximate surface area is 241 Å². The van der Waals surface area contributed by atoms with Crippen molar-refractivity contribution in [3.8, 4) is 23.0 Å². The molecule has 10 nitrogen and oxygen atoms in total. The number of aromatic nitrogens is 1. The molecule has 3 aliphatic rings. The lowest BCUT2D eigenvalue weighted by molar-refractivity contribution is -0.130. The number of carbonyl (C=O) groups excluding carboxylic acids is 4. The Morgan fingerprint density at radius 3 is 2.27 bits per heavy atom. The maximum Gasteiger partial charge on any atom is 0.259 e. The van der Waals surface area contributed by atoms with Crippen molar-refractivity contribution in [3.05, 3.63) is 54.9 Å². The van der Waals surface area contributed by atoms with E-state index in [4.69, 9.17) is 4.74 Å². The fraction of sp³-hybridized carbons (Fsp3) is 0.367. The molecule has 3 aliphatic carbocycles. The summed E-state index contributed by atoms with van der Waals surface area (Å²) >= 11 is 3.55. The molecule has 1 saturated carbocycles. The Kier molecular flexibility index (Phi) is 6.15. The van der Waals surface area contributed by atoms with Crippen LogP contribution >= 0.6 is 15.9 Å². The largest absolute Gasteiger partial charge is 0.507 e. The zero-order chi connectivity index (χ0) is 29.5. The first-order chi connectivity index (χ1) is 19.5. The van der Waals surface area contributed by atoms with E-state index in [2.05, 4.69) is 27.8 Å². The molecule has 2 aromatic carbocycles. The van der Waals surface area contributed by atoms with E-state index < -0.39 is 74.3 Å². The molecule has 11 heteroatoms. The predicted octanol–water partition coefficient (Wildman–Crippen LogP) is 3.80. The lowest BCUT2D eigenvalue weighted by atomic mass is 9.74. The lowest BCUT2D eigenvalue weighted by Gasteiger charge is -2.25. The number of aromatic amines is 1. The van der Waals surface area contributed by atoms with Crippen molar-refractivity contribution < 1.29 is 39.2 Å². The Bertz CT molecular complexity index is 1810. The highest BCUT2D eigenvalue weighted by Crippen LogP contribution is 2.59. The average Bonchev–Trinajstić information content (AvgIpc) is 3.45. The number of benzene rings is 2. The molecule has 0 amide bonds. The number of unbranched alkanes of at least 4 members (excludes halogenated alkanes) is 2. The van der Waals surface area contributed by atoms with Gasteiger partial charge < -0.3 is 25.0 Å². The highest BCUT2D eigenvalue weighted by Gasteiger charge is 2.69. The van der Waals surface area contributed by atoms with Gasteiger partial charge in [0.25, 0.3) is 5.56 Å². The van der Waals surface area contributed by atoms with E-state index in [9.17, 15) is 39.3 Å². The van der Waals surface area contributed by atoms with Crippen molar-refractivity contribution in [1.82, 2.24) is 4.98 Å². The van der Waals surface area contributed by atoms with Gasteiger partial charge in [-0.25, -0.2) is 0 Å². The number of carbonyl (C=O) groups is 4. The van der Waals surface area contributed by atoms with Gasteiger partial charge in [0.2, 0.25) is 0 Å². The van der Waals surface area contributed by atoms with Gasteiger partial charge in [-0.2, -0.15) is 0 Å². The number of pyridine rings is 1. The van der Waals surface area contributed by atoms with E-state index >= 15 is 0 Å². The zero-order valence-corrected chi connectivity index (χ0v) is 23.8. The van der Waals surface area contributed by atoms with Crippen LogP contribution in [-0.4, -0.2) is 50.5 Å². The number of aromatic hydroxyl groups is 3. The van der Waals surface area contributed by atoms with Crippen molar-refractivity contribution in [3.63, 3.8) is 0 Å². The van der Waals surface area contributed by atoms with Crippen molar-refractivity contribution in [1.29, 1.82) is 0 Å². The van der Waals surface area contributed by atoms with Crippen LogP contribution < -0.4 is 10.3 Å². The molecule has 1 aromatic heterocycles. The molecule has 4 N–H and O–H groups in total. The highest BCUT2D eigenvalue weighted by atomic mass is 79.9. The number of aryl methyl sites for hydroxylation is 1. The number of ketones is 4. The summed E-state index contributed by atoms with van der Waals surface area (Å²) in [6, 6.07) is 2.72. The van der Waals surface area contributed by atoms with E-state index in [0.29, 0.717) is 27.5 Å². The van der Waals surface area contributed by atoms with E-state index in [1.165, 1.54) is 7.11 Å². The van der Waals surface area contributed by atoms with Crippen molar-refractivity contribution in [2.45, 2.75) is 50.9 Å². The van der Waals surface area contributed by atoms with Gasteiger partial charge in [0.1, 0.15) is 16.9 Å². The van der Waals surface area contributed by atoms with Gasteiger partial charge in [-0.05, 0) is 53.2 Å². The minimum atomic E-state index is -2.06. The van der Waals surface area contributed by atoms with Gasteiger partial charge in [0, 0.05) is 27.2 Å². The molecule has 212 valence electrons. The summed E-state index contributed by atoms with van der Waals surface area (Å²) in [5.41, 5.74) is -2.73. The lowest BCUT2D eigenvalue weighted by Crippen LogP contribution is -2.38. The summed E-state index contributed by atoms with van der Waals surface area (Å²) < 4.78 is 5.45. The standard InChI is InChI=1S/C30H26BrNO9/c1-3-4-5-6-11-9-13-16(29(40)32-11)26(37)21-12(22(13)31)7-8-30(21)27(38)19-20(28(30)39)25(36)18-17(24(19)35)14(33)10-15(41-2)23(18)34/h9-10,19-20,33-34,37H,3-8H2,1-2H3,(H,32,40). The third-order valence-electron chi connectivity index (χ3n) is 8.85. The van der Waals surface area contributed by atoms with Crippen LogP contribution in [0, 0.1) is 11.8 Å². The van der Waals surface area contributed by atoms with Crippen LogP contribution in [0.15, 0.2) is 21.4 Å². The molecule has 1 spiro atoms. The number of halogens is 1. The molecular formula is C30H26BrNO9. The van der Waals surface area contributed by atoms with Crippen molar-refractivity contribution in [2.24, 2.45) is 11.8 Å². The summed E-state index contributed by atoms with van der Waals surface area (Å²) in [6.07, 6.45) is 3.52. The maximum atomic E-state index is 14.2. The molecule has 3 atom stereocenters. The molecule has 6 rings (SSSR count). The maximum absolute atomic E-state index is 14.2. The second-order valence-corrected chi connectivity index (χ2v) is 11.7. The monoisotopic (exact) mass is 623 g/mol. The summed E-state index contributed by atoms with van der Waals surface area (Å²) in [5, 5.41) is 33.1. The molecule has 0 aliphatic heterocycles. The summed E-state index contributed by atoms with van der Waals surface area (Å²) in [7, 11) is 1.19. The van der Waals surface area contributed by atoms with Crippen molar-refractivity contribution in [2.75, 3.05) is 7.11 Å². The number of hydrogen-bond donors (Lipinski definition) is 4. The van der Waals surface area contributed by atoms with Gasteiger partial charge >= 0.3 is 0 Å². The first kappa shape index (κ1) is 27.2. The number of nitrogens with one attached hydrogen (secondary N) is 1. The van der Waals surface area contributed by atoms with Crippen LogP contribution in [0.3, 0.4) is 0 Å². The van der Waals surface area contributed by atoms with Crippen LogP contribution in [0.4, 0.5) is 0 Å². The van der Waals surface area contributed by atoms with Gasteiger partial charge in [0.05, 0.1) is 35.5 Å². The van der Waals surface area contributed by atoms with Gasteiger partial charge in [-0.1, -0.05) is 19.8 Å². The molecule has 1 fully saturated rings. The first-order valence-corrected chi connectivity index (χ1v) is 14.2. The molecule has 1 heterocycles. The van der Waals surface area contributed by atoms with E-state index in [0.717, 1.165) is 25.3 Å². The Morgan fingerprint density at radius 1 is 0.976 bits per heavy atom. The minimum absolute atomic E-state index is 0.0822. The van der Waals surface area contributed by atoms with E-state index in [1.807, 2.05) is 0 Å². The Balaban J connectivity index is 1.55. The zero-order valence-electron chi connectivity index (χ0n) is 22.2. The molecule has 41 heavy (non-hydrogen) atoms. The first-order valence-electron chi connectivity index (χ1n) is 13.4. The van der Waals surface area contributed by atoms with Gasteiger partial charge in [-0.15, -0.1) is 0 Å². The van der Waals surface area contributed by atoms with Crippen LogP contribution in [0.2, 0.25) is 0 Å². The van der Waals surface area contributed by atoms with Crippen LogP contribution in [0.5, 0.6) is 23.0 Å². The summed E-state index contributed by atoms with van der Waals surface area (Å²) in [5.74, 6) is -9.45. The van der Waals surface area contributed by atoms with E-state index in [1.54, 1.807) is 6.07 Å². The van der Waals surface area contributed by atoms with Crippen molar-refractivity contribution >= 4 is 49.8 Å². The second-order valence-electron chi connectivity index (χ2n) is 10.9. The average molecular weight is 624 g/mol. The fourth-order valence-corrected chi connectivity index (χ4v) is 7.68. The third-order valence-corrected chi connectivity index (χ3v) is 9.76. The second kappa shape index (κ2) is 9.27. The number of Topliss-reactive ketones (excluding diaryl/α,β-unsaturated/α-hetero) is 4. The number of hydrogen-bond acceptors (Lipinski definition) is 9. The quantitative estimate of drug-likeness (QED) is 0.187. The van der Waals surface area contributed by atoms with E-state index in [-0.39, 0.29) is 29.5 Å². The number of phenolic OH excluding ortho intramolecular Hbond substituents is 3. The van der Waals surface area contributed by atoms with Crippen LogP contribution in [-0.2, 0) is 27.8 Å². The number of ether oxygens (including phenoxy) is 1. The summed E-state index contributed by atoms with van der Waals surface area (Å²) in [6.45, 7) is 2.07. The Morgan fingerprint density at radius 2 is 1.63 bits per heavy atom. The molecule has 0 radical (unpaired) electrons. The highest BCUT2D eigenvalue weighted by molar-refractivity contribution is 9.10. The topological polar surface area (TPSA) is 171 Å². The molecule has 3 unspecified atom stereocenters. The number of rotatable bonds is 5. The van der Waals surface area contributed by atoms with Gasteiger partial charge in [0.15, 0.2) is 34.6 Å². The normalized spacial score (nSPS) is 22.9.